The van der Waals surface area contributed by atoms with E-state index in [1.165, 1.54) is 51.4 Å². The maximum atomic E-state index is 11.8. The van der Waals surface area contributed by atoms with Gasteiger partial charge < -0.3 is 5.11 Å². The van der Waals surface area contributed by atoms with Crippen molar-refractivity contribution in [2.75, 3.05) is 5.75 Å². The van der Waals surface area contributed by atoms with Gasteiger partial charge in [-0.3, -0.25) is 0 Å². The molecular weight excluding hydrogens is 420 g/mol. The standard InChI is InChI=1S/C31H52OS/c1-9-33-23(5)31(32)20-19-28(6)25-16-18-29(7)24(22(4)12-10-11-21(2)3)15-17-30(29,8)26(25)13-14-27(28)31/h21-22,24,27,32H,5,9-20H2,1-4,6-8H3/t22-,24-,27+,28-,29-,30+,31+/m1/s1. The van der Waals surface area contributed by atoms with Gasteiger partial charge >= 0.3 is 0 Å². The summed E-state index contributed by atoms with van der Waals surface area (Å²) < 4.78 is 0. The van der Waals surface area contributed by atoms with Crippen molar-refractivity contribution in [2.24, 2.45) is 39.9 Å². The topological polar surface area (TPSA) is 20.2 Å². The molecule has 0 spiro atoms. The number of rotatable bonds is 8. The fourth-order valence-electron chi connectivity index (χ4n) is 9.47. The highest BCUT2D eigenvalue weighted by Crippen LogP contribution is 2.73. The number of allylic oxidation sites excluding steroid dienone is 2. The average molecular weight is 473 g/mol. The maximum absolute atomic E-state index is 11.8. The lowest BCUT2D eigenvalue weighted by Gasteiger charge is -2.57. The van der Waals surface area contributed by atoms with Gasteiger partial charge in [-0.05, 0) is 91.1 Å². The zero-order chi connectivity index (χ0) is 24.2. The molecule has 0 aromatic rings. The lowest BCUT2D eigenvalue weighted by Crippen LogP contribution is -2.49. The van der Waals surface area contributed by atoms with E-state index < -0.39 is 5.60 Å². The van der Waals surface area contributed by atoms with Crippen molar-refractivity contribution >= 4 is 11.8 Å². The predicted octanol–water partition coefficient (Wildman–Crippen LogP) is 9.17. The quantitative estimate of drug-likeness (QED) is 0.355. The number of fused-ring (bicyclic) bond motifs is 4. The van der Waals surface area contributed by atoms with Gasteiger partial charge in [0.15, 0.2) is 0 Å². The second-order valence-electron chi connectivity index (χ2n) is 13.4. The van der Waals surface area contributed by atoms with Gasteiger partial charge in [-0.2, -0.15) is 0 Å². The molecule has 0 unspecified atom stereocenters. The van der Waals surface area contributed by atoms with E-state index in [0.29, 0.717) is 16.7 Å². The molecule has 188 valence electrons. The Bertz CT molecular complexity index is 797. The van der Waals surface area contributed by atoms with E-state index in [1.54, 1.807) is 17.3 Å². The van der Waals surface area contributed by atoms with Crippen LogP contribution < -0.4 is 0 Å². The zero-order valence-electron chi connectivity index (χ0n) is 22.9. The van der Waals surface area contributed by atoms with Crippen LogP contribution in [0.15, 0.2) is 22.6 Å². The second-order valence-corrected chi connectivity index (χ2v) is 14.8. The highest BCUT2D eigenvalue weighted by Gasteiger charge is 2.64. The van der Waals surface area contributed by atoms with Crippen LogP contribution in [0.1, 0.15) is 119 Å². The Labute approximate surface area is 209 Å². The lowest BCUT2D eigenvalue weighted by atomic mass is 9.48. The summed E-state index contributed by atoms with van der Waals surface area (Å²) in [6, 6.07) is 0. The third-order valence-corrected chi connectivity index (χ3v) is 12.6. The molecule has 4 aliphatic carbocycles. The first-order valence-corrected chi connectivity index (χ1v) is 15.2. The highest BCUT2D eigenvalue weighted by molar-refractivity contribution is 8.03. The van der Waals surface area contributed by atoms with Crippen LogP contribution in [0.5, 0.6) is 0 Å². The minimum Gasteiger partial charge on any atom is -0.384 e. The molecule has 4 rings (SSSR count). The van der Waals surface area contributed by atoms with Gasteiger partial charge in [0.25, 0.3) is 0 Å². The van der Waals surface area contributed by atoms with E-state index in [0.717, 1.165) is 47.7 Å². The van der Waals surface area contributed by atoms with Gasteiger partial charge in [-0.25, -0.2) is 0 Å². The van der Waals surface area contributed by atoms with E-state index >= 15 is 0 Å². The number of hydrogen-bond donors (Lipinski definition) is 1. The summed E-state index contributed by atoms with van der Waals surface area (Å²) in [4.78, 5) is 1.03. The van der Waals surface area contributed by atoms with Crippen LogP contribution >= 0.6 is 11.8 Å². The molecule has 0 bridgehead atoms. The van der Waals surface area contributed by atoms with Gasteiger partial charge in [0.05, 0.1) is 5.60 Å². The first kappa shape index (κ1) is 25.9. The summed E-state index contributed by atoms with van der Waals surface area (Å²) in [6.07, 6.45) is 14.0. The van der Waals surface area contributed by atoms with Gasteiger partial charge in [0.1, 0.15) is 0 Å². The molecule has 2 saturated carbocycles. The van der Waals surface area contributed by atoms with E-state index in [1.807, 2.05) is 5.57 Å². The molecule has 1 nitrogen and oxygen atoms in total. The van der Waals surface area contributed by atoms with Gasteiger partial charge in [-0.15, -0.1) is 11.8 Å². The molecule has 2 heteroatoms. The molecule has 0 amide bonds. The SMILES string of the molecule is C=C(SCC)[C@@]1(O)CC[C@]2(C)C3=C(CC[C@@H]21)[C@]1(C)CC[C@H]([C@H](C)CCCC(C)C)[C@@]1(C)CC3. The Balaban J connectivity index is 1.61. The van der Waals surface area contributed by atoms with E-state index in [-0.39, 0.29) is 5.41 Å². The van der Waals surface area contributed by atoms with Crippen molar-refractivity contribution in [3.05, 3.63) is 22.6 Å². The van der Waals surface area contributed by atoms with Crippen LogP contribution in [-0.2, 0) is 0 Å². The van der Waals surface area contributed by atoms with Crippen LogP contribution in [0, 0.1) is 39.9 Å². The van der Waals surface area contributed by atoms with Crippen molar-refractivity contribution in [3.63, 3.8) is 0 Å². The van der Waals surface area contributed by atoms with Crippen molar-refractivity contribution in [1.82, 2.24) is 0 Å². The Hall–Kier alpha value is -0.210. The van der Waals surface area contributed by atoms with Crippen molar-refractivity contribution in [1.29, 1.82) is 0 Å². The Morgan fingerprint density at radius 3 is 2.39 bits per heavy atom. The van der Waals surface area contributed by atoms with Gasteiger partial charge in [-0.1, -0.05) is 85.5 Å². The molecule has 7 atom stereocenters. The van der Waals surface area contributed by atoms with Crippen molar-refractivity contribution in [2.45, 2.75) is 125 Å². The van der Waals surface area contributed by atoms with Crippen molar-refractivity contribution in [3.8, 4) is 0 Å². The fourth-order valence-corrected chi connectivity index (χ4v) is 10.3. The van der Waals surface area contributed by atoms with Crippen LogP contribution in [0.25, 0.3) is 0 Å². The average Bonchev–Trinajstić information content (AvgIpc) is 3.19. The monoisotopic (exact) mass is 472 g/mol. The molecule has 0 aromatic carbocycles. The normalized spacial score (nSPS) is 43.4. The molecule has 4 aliphatic rings. The van der Waals surface area contributed by atoms with Gasteiger partial charge in [0.2, 0.25) is 0 Å². The summed E-state index contributed by atoms with van der Waals surface area (Å²) in [5.74, 6) is 3.91. The minimum atomic E-state index is -0.668. The lowest BCUT2D eigenvalue weighted by molar-refractivity contribution is -0.00603. The first-order chi connectivity index (χ1) is 15.4. The maximum Gasteiger partial charge on any atom is 0.0985 e. The van der Waals surface area contributed by atoms with E-state index in [2.05, 4.69) is 55.0 Å². The largest absolute Gasteiger partial charge is 0.384 e. The minimum absolute atomic E-state index is 0.172. The van der Waals surface area contributed by atoms with Crippen LogP contribution in [0.4, 0.5) is 0 Å². The Kier molecular flexibility index (Phi) is 7.07. The molecule has 0 aliphatic heterocycles. The molecular formula is C31H52OS. The third kappa shape index (κ3) is 3.83. The first-order valence-electron chi connectivity index (χ1n) is 14.2. The summed E-state index contributed by atoms with van der Waals surface area (Å²) in [6.45, 7) is 21.7. The summed E-state index contributed by atoms with van der Waals surface area (Å²) in [5.41, 5.74) is 3.93. The molecule has 0 saturated heterocycles. The van der Waals surface area contributed by atoms with E-state index in [9.17, 15) is 5.11 Å². The number of thioether (sulfide) groups is 1. The molecule has 0 aromatic heterocycles. The highest BCUT2D eigenvalue weighted by atomic mass is 32.2. The molecule has 33 heavy (non-hydrogen) atoms. The van der Waals surface area contributed by atoms with Crippen molar-refractivity contribution < 1.29 is 5.11 Å². The predicted molar refractivity (Wildman–Crippen MR) is 145 cm³/mol. The van der Waals surface area contributed by atoms with Gasteiger partial charge in [0, 0.05) is 10.8 Å². The van der Waals surface area contributed by atoms with Crippen LogP contribution in [-0.4, -0.2) is 16.5 Å². The third-order valence-electron chi connectivity index (χ3n) is 11.6. The zero-order valence-corrected chi connectivity index (χ0v) is 23.7. The number of hydrogen-bond acceptors (Lipinski definition) is 2. The molecule has 2 fully saturated rings. The Morgan fingerprint density at radius 1 is 1.00 bits per heavy atom. The smallest absolute Gasteiger partial charge is 0.0985 e. The molecule has 0 radical (unpaired) electrons. The van der Waals surface area contributed by atoms with Crippen LogP contribution in [0.2, 0.25) is 0 Å². The van der Waals surface area contributed by atoms with E-state index in [4.69, 9.17) is 0 Å². The van der Waals surface area contributed by atoms with Crippen LogP contribution in [0.3, 0.4) is 0 Å². The second kappa shape index (κ2) is 9.02. The summed E-state index contributed by atoms with van der Waals surface area (Å²) >= 11 is 1.78. The summed E-state index contributed by atoms with van der Waals surface area (Å²) in [5, 5.41) is 11.8. The fraction of sp³-hybridized carbons (Fsp3) is 0.871. The summed E-state index contributed by atoms with van der Waals surface area (Å²) in [7, 11) is 0. The Morgan fingerprint density at radius 2 is 1.73 bits per heavy atom. The molecule has 1 N–H and O–H groups in total. The molecule has 0 heterocycles. The number of aliphatic hydroxyl groups is 1.